The molecular weight excluding hydrogens is 276 g/mol. The first-order valence-electron chi connectivity index (χ1n) is 7.71. The van der Waals surface area contributed by atoms with Gasteiger partial charge in [-0.05, 0) is 32.4 Å². The number of aryl methyl sites for hydroxylation is 2. The molecule has 116 valence electrons. The summed E-state index contributed by atoms with van der Waals surface area (Å²) >= 11 is 0. The van der Waals surface area contributed by atoms with Crippen LogP contribution in [0.5, 0.6) is 0 Å². The van der Waals surface area contributed by atoms with Crippen molar-refractivity contribution in [2.75, 3.05) is 11.9 Å². The summed E-state index contributed by atoms with van der Waals surface area (Å²) < 4.78 is 1.88. The second kappa shape index (κ2) is 5.48. The predicted octanol–water partition coefficient (Wildman–Crippen LogP) is 3.01. The summed E-state index contributed by atoms with van der Waals surface area (Å²) in [7, 11) is 1.94. The third-order valence-corrected chi connectivity index (χ3v) is 4.33. The minimum absolute atomic E-state index is 0.0869. The highest BCUT2D eigenvalue weighted by Crippen LogP contribution is 2.35. The number of nitrogens with one attached hydrogen (secondary N) is 1. The summed E-state index contributed by atoms with van der Waals surface area (Å²) in [5, 5.41) is 8.03. The Hall–Kier alpha value is -2.30. The first-order chi connectivity index (χ1) is 10.5. The Morgan fingerprint density at radius 3 is 2.64 bits per heavy atom. The van der Waals surface area contributed by atoms with E-state index in [1.807, 2.05) is 54.7 Å². The van der Waals surface area contributed by atoms with E-state index in [1.165, 1.54) is 0 Å². The van der Waals surface area contributed by atoms with E-state index in [9.17, 15) is 4.79 Å². The molecule has 1 aromatic carbocycles. The minimum Gasteiger partial charge on any atom is -0.361 e. The molecule has 1 N–H and O–H groups in total. The number of rotatable bonds is 3. The SMILES string of the molecule is CCCN1C(=O)c2ccccc2N[C@H]1c1c(C)nn(C)c1C. The van der Waals surface area contributed by atoms with E-state index >= 15 is 0 Å². The fraction of sp³-hybridized carbons (Fsp3) is 0.412. The van der Waals surface area contributed by atoms with Crippen LogP contribution in [-0.2, 0) is 7.05 Å². The molecule has 0 spiro atoms. The molecule has 5 nitrogen and oxygen atoms in total. The number of hydrogen-bond acceptors (Lipinski definition) is 3. The van der Waals surface area contributed by atoms with Gasteiger partial charge in [-0.25, -0.2) is 0 Å². The largest absolute Gasteiger partial charge is 0.361 e. The van der Waals surface area contributed by atoms with Gasteiger partial charge in [0.1, 0.15) is 6.17 Å². The van der Waals surface area contributed by atoms with Crippen molar-refractivity contribution in [2.45, 2.75) is 33.4 Å². The minimum atomic E-state index is -0.156. The van der Waals surface area contributed by atoms with Crippen molar-refractivity contribution in [1.82, 2.24) is 14.7 Å². The number of anilines is 1. The van der Waals surface area contributed by atoms with E-state index in [1.54, 1.807) is 0 Å². The lowest BCUT2D eigenvalue weighted by Gasteiger charge is -2.38. The van der Waals surface area contributed by atoms with Gasteiger partial charge in [-0.15, -0.1) is 0 Å². The highest BCUT2D eigenvalue weighted by atomic mass is 16.2. The molecule has 5 heteroatoms. The Kier molecular flexibility index (Phi) is 3.64. The molecule has 1 atom stereocenters. The second-order valence-electron chi connectivity index (χ2n) is 5.80. The van der Waals surface area contributed by atoms with Crippen LogP contribution in [0.4, 0.5) is 5.69 Å². The number of hydrogen-bond donors (Lipinski definition) is 1. The summed E-state index contributed by atoms with van der Waals surface area (Å²) in [5.74, 6) is 0.0869. The van der Waals surface area contributed by atoms with Crippen LogP contribution in [0, 0.1) is 13.8 Å². The summed E-state index contributed by atoms with van der Waals surface area (Å²) in [6.07, 6.45) is 0.765. The Balaban J connectivity index is 2.11. The predicted molar refractivity (Wildman–Crippen MR) is 86.8 cm³/mol. The molecule has 2 heterocycles. The number of amides is 1. The first kappa shape index (κ1) is 14.6. The molecule has 22 heavy (non-hydrogen) atoms. The van der Waals surface area contributed by atoms with Crippen LogP contribution in [0.1, 0.15) is 46.8 Å². The highest BCUT2D eigenvalue weighted by Gasteiger charge is 2.34. The van der Waals surface area contributed by atoms with E-state index in [-0.39, 0.29) is 12.1 Å². The van der Waals surface area contributed by atoms with Gasteiger partial charge in [0.15, 0.2) is 0 Å². The molecule has 0 aliphatic carbocycles. The summed E-state index contributed by atoms with van der Waals surface area (Å²) in [4.78, 5) is 14.8. The third-order valence-electron chi connectivity index (χ3n) is 4.33. The van der Waals surface area contributed by atoms with E-state index in [0.717, 1.165) is 41.2 Å². The second-order valence-corrected chi connectivity index (χ2v) is 5.80. The van der Waals surface area contributed by atoms with Crippen LogP contribution in [0.3, 0.4) is 0 Å². The molecule has 1 aliphatic rings. The van der Waals surface area contributed by atoms with Crippen molar-refractivity contribution in [1.29, 1.82) is 0 Å². The van der Waals surface area contributed by atoms with Crippen LogP contribution in [-0.4, -0.2) is 27.1 Å². The van der Waals surface area contributed by atoms with Crippen molar-refractivity contribution in [3.63, 3.8) is 0 Å². The molecule has 1 amide bonds. The van der Waals surface area contributed by atoms with E-state index in [2.05, 4.69) is 17.3 Å². The number of nitrogens with zero attached hydrogens (tertiary/aromatic N) is 3. The average molecular weight is 298 g/mol. The van der Waals surface area contributed by atoms with E-state index < -0.39 is 0 Å². The van der Waals surface area contributed by atoms with Gasteiger partial charge in [-0.1, -0.05) is 19.1 Å². The maximum Gasteiger partial charge on any atom is 0.257 e. The van der Waals surface area contributed by atoms with Crippen LogP contribution in [0.15, 0.2) is 24.3 Å². The zero-order valence-electron chi connectivity index (χ0n) is 13.6. The Labute approximate surface area is 130 Å². The average Bonchev–Trinajstić information content (AvgIpc) is 2.75. The standard InChI is InChI=1S/C17H22N4O/c1-5-10-21-16(15-11(2)19-20(4)12(15)3)18-14-9-7-6-8-13(14)17(21)22/h6-9,16,18H,5,10H2,1-4H3/t16-/m1/s1. The van der Waals surface area contributed by atoms with Gasteiger partial charge in [0, 0.05) is 30.5 Å². The number of aromatic nitrogens is 2. The van der Waals surface area contributed by atoms with Crippen molar-refractivity contribution in [2.24, 2.45) is 7.05 Å². The Morgan fingerprint density at radius 2 is 2.00 bits per heavy atom. The van der Waals surface area contributed by atoms with Gasteiger partial charge < -0.3 is 10.2 Å². The van der Waals surface area contributed by atoms with Crippen molar-refractivity contribution < 1.29 is 4.79 Å². The van der Waals surface area contributed by atoms with Gasteiger partial charge in [0.2, 0.25) is 0 Å². The maximum absolute atomic E-state index is 12.9. The summed E-state index contributed by atoms with van der Waals surface area (Å²) in [5.41, 5.74) is 4.78. The lowest BCUT2D eigenvalue weighted by Crippen LogP contribution is -2.43. The van der Waals surface area contributed by atoms with Crippen LogP contribution >= 0.6 is 0 Å². The topological polar surface area (TPSA) is 50.2 Å². The molecule has 1 aromatic heterocycles. The van der Waals surface area contributed by atoms with Crippen LogP contribution in [0.25, 0.3) is 0 Å². The van der Waals surface area contributed by atoms with Gasteiger partial charge in [-0.3, -0.25) is 9.48 Å². The maximum atomic E-state index is 12.9. The monoisotopic (exact) mass is 298 g/mol. The van der Waals surface area contributed by atoms with E-state index in [0.29, 0.717) is 0 Å². The quantitative estimate of drug-likeness (QED) is 0.947. The molecule has 0 radical (unpaired) electrons. The number of benzene rings is 1. The zero-order valence-corrected chi connectivity index (χ0v) is 13.6. The van der Waals surface area contributed by atoms with Crippen molar-refractivity contribution in [3.8, 4) is 0 Å². The fourth-order valence-corrected chi connectivity index (χ4v) is 3.18. The molecule has 1 aliphatic heterocycles. The number of para-hydroxylation sites is 1. The number of fused-ring (bicyclic) bond motifs is 1. The van der Waals surface area contributed by atoms with Crippen LogP contribution in [0.2, 0.25) is 0 Å². The van der Waals surface area contributed by atoms with Gasteiger partial charge in [-0.2, -0.15) is 5.10 Å². The smallest absolute Gasteiger partial charge is 0.257 e. The normalized spacial score (nSPS) is 17.4. The zero-order chi connectivity index (χ0) is 15.9. The molecule has 3 rings (SSSR count). The van der Waals surface area contributed by atoms with Crippen molar-refractivity contribution in [3.05, 3.63) is 46.8 Å². The molecule has 0 saturated heterocycles. The summed E-state index contributed by atoms with van der Waals surface area (Å²) in [6.45, 7) is 6.86. The Morgan fingerprint density at radius 1 is 1.27 bits per heavy atom. The fourth-order valence-electron chi connectivity index (χ4n) is 3.18. The molecule has 0 bridgehead atoms. The third kappa shape index (κ3) is 2.17. The molecule has 0 fully saturated rings. The molecular formula is C17H22N4O. The van der Waals surface area contributed by atoms with Gasteiger partial charge in [0.05, 0.1) is 11.3 Å². The lowest BCUT2D eigenvalue weighted by molar-refractivity contribution is 0.0682. The van der Waals surface area contributed by atoms with Gasteiger partial charge in [0.25, 0.3) is 5.91 Å². The molecule has 0 saturated carbocycles. The van der Waals surface area contributed by atoms with Crippen LogP contribution < -0.4 is 5.32 Å². The Bertz CT molecular complexity index is 719. The summed E-state index contributed by atoms with van der Waals surface area (Å²) in [6, 6.07) is 7.70. The molecule has 2 aromatic rings. The number of carbonyl (C=O) groups excluding carboxylic acids is 1. The van der Waals surface area contributed by atoms with Crippen molar-refractivity contribution >= 4 is 11.6 Å². The van der Waals surface area contributed by atoms with E-state index in [4.69, 9.17) is 0 Å². The first-order valence-corrected chi connectivity index (χ1v) is 7.71. The lowest BCUT2D eigenvalue weighted by atomic mass is 10.0. The molecule has 0 unspecified atom stereocenters. The van der Waals surface area contributed by atoms with Gasteiger partial charge >= 0.3 is 0 Å². The number of carbonyl (C=O) groups is 1. The highest BCUT2D eigenvalue weighted by molar-refractivity contribution is 6.01.